The Morgan fingerprint density at radius 2 is 1.89 bits per heavy atom. The SMILES string of the molecule is COc1cc(-c2cc(C=O)ccc2F)c(F)cn1. The minimum absolute atomic E-state index is 0.00204. The van der Waals surface area contributed by atoms with E-state index in [0.29, 0.717) is 6.29 Å². The third-order valence-corrected chi connectivity index (χ3v) is 2.46. The molecule has 0 unspecified atom stereocenters. The molecule has 0 bridgehead atoms. The minimum Gasteiger partial charge on any atom is -0.481 e. The quantitative estimate of drug-likeness (QED) is 0.785. The standard InChI is InChI=1S/C13H9F2NO2/c1-18-13-5-10(12(15)6-16-13)9-4-8(7-17)2-3-11(9)14/h2-7H,1H3. The third kappa shape index (κ3) is 2.20. The number of methoxy groups -OCH3 is 1. The molecule has 0 fully saturated rings. The van der Waals surface area contributed by atoms with Gasteiger partial charge in [0.1, 0.15) is 17.9 Å². The van der Waals surface area contributed by atoms with Crippen LogP contribution < -0.4 is 4.74 Å². The summed E-state index contributed by atoms with van der Waals surface area (Å²) in [5, 5.41) is 0. The monoisotopic (exact) mass is 249 g/mol. The zero-order valence-electron chi connectivity index (χ0n) is 9.48. The highest BCUT2D eigenvalue weighted by atomic mass is 19.1. The summed E-state index contributed by atoms with van der Waals surface area (Å²) in [5.74, 6) is -1.13. The van der Waals surface area contributed by atoms with Crippen LogP contribution in [-0.4, -0.2) is 18.4 Å². The molecule has 1 heterocycles. The number of carbonyl (C=O) groups excluding carboxylic acids is 1. The maximum atomic E-state index is 13.7. The van der Waals surface area contributed by atoms with Crippen molar-refractivity contribution in [1.82, 2.24) is 4.98 Å². The fourth-order valence-corrected chi connectivity index (χ4v) is 1.56. The topological polar surface area (TPSA) is 39.2 Å². The molecule has 0 radical (unpaired) electrons. The van der Waals surface area contributed by atoms with Gasteiger partial charge >= 0.3 is 0 Å². The average Bonchev–Trinajstić information content (AvgIpc) is 2.40. The molecule has 18 heavy (non-hydrogen) atoms. The fourth-order valence-electron chi connectivity index (χ4n) is 1.56. The van der Waals surface area contributed by atoms with Gasteiger partial charge in [0.25, 0.3) is 0 Å². The van der Waals surface area contributed by atoms with Gasteiger partial charge in [-0.2, -0.15) is 0 Å². The largest absolute Gasteiger partial charge is 0.481 e. The van der Waals surface area contributed by atoms with E-state index in [1.807, 2.05) is 0 Å². The number of aldehydes is 1. The van der Waals surface area contributed by atoms with Crippen LogP contribution in [0.15, 0.2) is 30.5 Å². The lowest BCUT2D eigenvalue weighted by Crippen LogP contribution is -1.94. The molecular weight excluding hydrogens is 240 g/mol. The molecular formula is C13H9F2NO2. The Hall–Kier alpha value is -2.30. The first-order valence-corrected chi connectivity index (χ1v) is 5.10. The van der Waals surface area contributed by atoms with Gasteiger partial charge in [0.15, 0.2) is 0 Å². The van der Waals surface area contributed by atoms with E-state index in [0.717, 1.165) is 12.3 Å². The molecule has 0 saturated carbocycles. The van der Waals surface area contributed by atoms with Crippen molar-refractivity contribution in [2.75, 3.05) is 7.11 Å². The first-order chi connectivity index (χ1) is 8.65. The molecule has 0 N–H and O–H groups in total. The maximum Gasteiger partial charge on any atom is 0.213 e. The van der Waals surface area contributed by atoms with Gasteiger partial charge < -0.3 is 4.74 Å². The van der Waals surface area contributed by atoms with Crippen LogP contribution in [0.3, 0.4) is 0 Å². The van der Waals surface area contributed by atoms with Gasteiger partial charge in [0.05, 0.1) is 13.3 Å². The molecule has 3 nitrogen and oxygen atoms in total. The molecule has 0 aliphatic carbocycles. The van der Waals surface area contributed by atoms with Gasteiger partial charge in [-0.05, 0) is 18.2 Å². The van der Waals surface area contributed by atoms with Gasteiger partial charge in [-0.1, -0.05) is 0 Å². The van der Waals surface area contributed by atoms with Crippen LogP contribution in [0.4, 0.5) is 8.78 Å². The number of pyridine rings is 1. The summed E-state index contributed by atoms with van der Waals surface area (Å²) in [6.07, 6.45) is 1.51. The molecule has 0 aliphatic heterocycles. The van der Waals surface area contributed by atoms with Crippen molar-refractivity contribution in [1.29, 1.82) is 0 Å². The van der Waals surface area contributed by atoms with Crippen LogP contribution in [0.25, 0.3) is 11.1 Å². The molecule has 1 aromatic carbocycles. The van der Waals surface area contributed by atoms with Crippen molar-refractivity contribution in [2.24, 2.45) is 0 Å². The number of rotatable bonds is 3. The van der Waals surface area contributed by atoms with Gasteiger partial charge in [0, 0.05) is 22.8 Å². The molecule has 0 atom stereocenters. The Balaban J connectivity index is 2.63. The second kappa shape index (κ2) is 4.91. The minimum atomic E-state index is -0.683. The first-order valence-electron chi connectivity index (χ1n) is 5.10. The zero-order valence-corrected chi connectivity index (χ0v) is 9.48. The average molecular weight is 249 g/mol. The van der Waals surface area contributed by atoms with Crippen molar-refractivity contribution in [2.45, 2.75) is 0 Å². The zero-order chi connectivity index (χ0) is 13.1. The van der Waals surface area contributed by atoms with Crippen molar-refractivity contribution in [3.8, 4) is 17.0 Å². The highest BCUT2D eigenvalue weighted by Crippen LogP contribution is 2.28. The van der Waals surface area contributed by atoms with Crippen molar-refractivity contribution in [3.05, 3.63) is 47.7 Å². The summed E-state index contributed by atoms with van der Waals surface area (Å²) in [6.45, 7) is 0. The van der Waals surface area contributed by atoms with E-state index in [2.05, 4.69) is 4.98 Å². The third-order valence-electron chi connectivity index (χ3n) is 2.46. The van der Waals surface area contributed by atoms with E-state index in [1.54, 1.807) is 0 Å². The molecule has 0 amide bonds. The predicted molar refractivity (Wildman–Crippen MR) is 61.5 cm³/mol. The lowest BCUT2D eigenvalue weighted by Gasteiger charge is -2.07. The van der Waals surface area contributed by atoms with E-state index >= 15 is 0 Å². The van der Waals surface area contributed by atoms with E-state index in [4.69, 9.17) is 4.74 Å². The normalized spacial score (nSPS) is 10.2. The number of benzene rings is 1. The smallest absolute Gasteiger partial charge is 0.213 e. The summed E-state index contributed by atoms with van der Waals surface area (Å²) in [5.41, 5.74) is 0.266. The molecule has 1 aromatic heterocycles. The van der Waals surface area contributed by atoms with Crippen molar-refractivity contribution in [3.63, 3.8) is 0 Å². The Morgan fingerprint density at radius 3 is 2.56 bits per heavy atom. The van der Waals surface area contributed by atoms with Crippen LogP contribution in [-0.2, 0) is 0 Å². The number of halogens is 2. The Kier molecular flexibility index (Phi) is 3.32. The van der Waals surface area contributed by atoms with Gasteiger partial charge in [-0.25, -0.2) is 13.8 Å². The van der Waals surface area contributed by atoms with Crippen LogP contribution in [0, 0.1) is 11.6 Å². The number of hydrogen-bond acceptors (Lipinski definition) is 3. The number of nitrogens with zero attached hydrogens (tertiary/aromatic N) is 1. The summed E-state index contributed by atoms with van der Waals surface area (Å²) in [6, 6.07) is 5.00. The summed E-state index contributed by atoms with van der Waals surface area (Å²) in [7, 11) is 1.38. The Labute approximate surface area is 102 Å². The van der Waals surface area contributed by atoms with Crippen LogP contribution >= 0.6 is 0 Å². The summed E-state index contributed by atoms with van der Waals surface area (Å²) >= 11 is 0. The summed E-state index contributed by atoms with van der Waals surface area (Å²) in [4.78, 5) is 14.3. The van der Waals surface area contributed by atoms with E-state index < -0.39 is 11.6 Å². The Morgan fingerprint density at radius 1 is 1.17 bits per heavy atom. The molecule has 2 rings (SSSR count). The Bertz CT molecular complexity index is 600. The van der Waals surface area contributed by atoms with E-state index in [1.165, 1.54) is 25.3 Å². The first kappa shape index (κ1) is 12.2. The van der Waals surface area contributed by atoms with E-state index in [-0.39, 0.29) is 22.6 Å². The van der Waals surface area contributed by atoms with Gasteiger partial charge in [-0.15, -0.1) is 0 Å². The second-order valence-corrected chi connectivity index (χ2v) is 3.56. The van der Waals surface area contributed by atoms with Gasteiger partial charge in [0.2, 0.25) is 5.88 Å². The van der Waals surface area contributed by atoms with Crippen LogP contribution in [0.1, 0.15) is 10.4 Å². The molecule has 0 saturated heterocycles. The van der Waals surface area contributed by atoms with Crippen molar-refractivity contribution >= 4 is 6.29 Å². The van der Waals surface area contributed by atoms with Crippen LogP contribution in [0.5, 0.6) is 5.88 Å². The highest BCUT2D eigenvalue weighted by Gasteiger charge is 2.12. The van der Waals surface area contributed by atoms with E-state index in [9.17, 15) is 13.6 Å². The number of hydrogen-bond donors (Lipinski definition) is 0. The molecule has 5 heteroatoms. The van der Waals surface area contributed by atoms with Gasteiger partial charge in [-0.3, -0.25) is 4.79 Å². The number of carbonyl (C=O) groups is 1. The predicted octanol–water partition coefficient (Wildman–Crippen LogP) is 2.85. The number of ether oxygens (including phenoxy) is 1. The van der Waals surface area contributed by atoms with Crippen molar-refractivity contribution < 1.29 is 18.3 Å². The second-order valence-electron chi connectivity index (χ2n) is 3.56. The molecule has 0 aliphatic rings. The molecule has 92 valence electrons. The lowest BCUT2D eigenvalue weighted by molar-refractivity contribution is 0.112. The maximum absolute atomic E-state index is 13.7. The molecule has 0 spiro atoms. The lowest BCUT2D eigenvalue weighted by atomic mass is 10.0. The summed E-state index contributed by atoms with van der Waals surface area (Å²) < 4.78 is 32.2. The number of aromatic nitrogens is 1. The fraction of sp³-hybridized carbons (Fsp3) is 0.0769. The highest BCUT2D eigenvalue weighted by molar-refractivity contribution is 5.79. The molecule has 2 aromatic rings. The van der Waals surface area contributed by atoms with Crippen LogP contribution in [0.2, 0.25) is 0 Å².